The monoisotopic (exact) mass is 537 g/mol. The second kappa shape index (κ2) is 10.9. The van der Waals surface area contributed by atoms with Gasteiger partial charge in [0.2, 0.25) is 5.91 Å². The number of hydrogen-bond donors (Lipinski definition) is 1. The molecule has 1 aliphatic heterocycles. The van der Waals surface area contributed by atoms with Gasteiger partial charge < -0.3 is 15.1 Å². The van der Waals surface area contributed by atoms with E-state index < -0.39 is 11.7 Å². The number of nitrogens with one attached hydrogen (secondary N) is 1. The Morgan fingerprint density at radius 3 is 2.56 bits per heavy atom. The fourth-order valence-corrected chi connectivity index (χ4v) is 5.81. The molecule has 1 aromatic heterocycles. The zero-order valence-corrected chi connectivity index (χ0v) is 22.6. The van der Waals surface area contributed by atoms with Gasteiger partial charge in [0, 0.05) is 50.4 Å². The Balaban J connectivity index is 1.57. The predicted octanol–water partition coefficient (Wildman–Crippen LogP) is 6.59. The molecule has 0 radical (unpaired) electrons. The van der Waals surface area contributed by atoms with E-state index >= 15 is 0 Å². The number of anilines is 2. The van der Waals surface area contributed by atoms with Gasteiger partial charge in [-0.05, 0) is 61.3 Å². The normalized spacial score (nSPS) is 19.9. The summed E-state index contributed by atoms with van der Waals surface area (Å²) in [6, 6.07) is 7.25. The summed E-state index contributed by atoms with van der Waals surface area (Å²) in [4.78, 5) is 24.9. The third-order valence-corrected chi connectivity index (χ3v) is 7.91. The molecule has 2 aliphatic carbocycles. The third-order valence-electron chi connectivity index (χ3n) is 7.91. The topological polar surface area (TPSA) is 61.4 Å². The van der Waals surface area contributed by atoms with E-state index in [1.807, 2.05) is 11.0 Å². The van der Waals surface area contributed by atoms with Crippen molar-refractivity contribution >= 4 is 17.5 Å². The molecule has 1 fully saturated rings. The van der Waals surface area contributed by atoms with Crippen molar-refractivity contribution in [2.45, 2.75) is 52.6 Å². The van der Waals surface area contributed by atoms with Crippen LogP contribution in [0.2, 0.25) is 0 Å². The lowest BCUT2D eigenvalue weighted by atomic mass is 9.77. The van der Waals surface area contributed by atoms with Gasteiger partial charge in [0.15, 0.2) is 5.82 Å². The number of alkyl halides is 3. The Kier molecular flexibility index (Phi) is 7.51. The van der Waals surface area contributed by atoms with Crippen molar-refractivity contribution in [1.82, 2.24) is 14.9 Å². The zero-order chi connectivity index (χ0) is 27.7. The molecular weight excluding hydrogens is 503 g/mol. The number of piperazine rings is 1. The number of nitrogens with zero attached hydrogens (tertiary/aromatic N) is 4. The molecule has 1 N–H and O–H groups in total. The van der Waals surface area contributed by atoms with Crippen LogP contribution in [-0.2, 0) is 11.0 Å². The summed E-state index contributed by atoms with van der Waals surface area (Å²) in [5, 5.41) is 3.51. The van der Waals surface area contributed by atoms with Gasteiger partial charge in [-0.15, -0.1) is 0 Å². The molecule has 39 heavy (non-hydrogen) atoms. The van der Waals surface area contributed by atoms with E-state index in [0.29, 0.717) is 43.7 Å². The van der Waals surface area contributed by atoms with E-state index in [2.05, 4.69) is 41.3 Å². The summed E-state index contributed by atoms with van der Waals surface area (Å²) in [7, 11) is 0. The second-order valence-corrected chi connectivity index (χ2v) is 10.4. The summed E-state index contributed by atoms with van der Waals surface area (Å²) in [6.45, 7) is 8.00. The van der Waals surface area contributed by atoms with Crippen LogP contribution in [0.1, 0.15) is 52.0 Å². The number of carbonyl (C=O) groups excluding carboxylic acids is 1. The third kappa shape index (κ3) is 5.58. The van der Waals surface area contributed by atoms with E-state index in [-0.39, 0.29) is 17.3 Å². The van der Waals surface area contributed by atoms with Crippen molar-refractivity contribution in [2.75, 3.05) is 36.4 Å². The predicted molar refractivity (Wildman–Crippen MR) is 147 cm³/mol. The number of rotatable bonds is 5. The first-order valence-electron chi connectivity index (χ1n) is 13.6. The van der Waals surface area contributed by atoms with Crippen molar-refractivity contribution in [3.05, 3.63) is 70.5 Å². The zero-order valence-electron chi connectivity index (χ0n) is 22.6. The van der Waals surface area contributed by atoms with Crippen molar-refractivity contribution in [3.63, 3.8) is 0 Å². The van der Waals surface area contributed by atoms with Crippen LogP contribution in [-0.4, -0.2) is 47.0 Å². The number of halogens is 3. The van der Waals surface area contributed by atoms with Crippen molar-refractivity contribution in [2.24, 2.45) is 5.92 Å². The van der Waals surface area contributed by atoms with Gasteiger partial charge in [0.1, 0.15) is 11.6 Å². The maximum absolute atomic E-state index is 13.9. The van der Waals surface area contributed by atoms with Gasteiger partial charge in [0.05, 0.1) is 5.56 Å². The minimum absolute atomic E-state index is 0.00944. The Morgan fingerprint density at radius 1 is 1.13 bits per heavy atom. The smallest absolute Gasteiger partial charge is 0.353 e. The van der Waals surface area contributed by atoms with Crippen LogP contribution < -0.4 is 10.2 Å². The number of hydrogen-bond acceptors (Lipinski definition) is 5. The van der Waals surface area contributed by atoms with E-state index in [1.165, 1.54) is 28.9 Å². The molecular formula is C30H34F3N5O. The minimum atomic E-state index is -4.54. The summed E-state index contributed by atoms with van der Waals surface area (Å²) in [5.41, 5.74) is 4.02. The molecule has 2 heterocycles. The Labute approximate surface area is 227 Å². The first kappa shape index (κ1) is 27.0. The fraction of sp³-hybridized carbons (Fsp3) is 0.433. The van der Waals surface area contributed by atoms with Crippen LogP contribution in [0.25, 0.3) is 11.4 Å². The number of amides is 1. The fourth-order valence-electron chi connectivity index (χ4n) is 5.81. The molecule has 1 atom stereocenters. The molecule has 1 aromatic carbocycles. The summed E-state index contributed by atoms with van der Waals surface area (Å²) < 4.78 is 41.8. The molecule has 1 amide bonds. The van der Waals surface area contributed by atoms with E-state index in [1.54, 1.807) is 17.9 Å². The first-order valence-corrected chi connectivity index (χ1v) is 13.6. The van der Waals surface area contributed by atoms with Crippen LogP contribution in [0.15, 0.2) is 64.9 Å². The van der Waals surface area contributed by atoms with Gasteiger partial charge in [-0.3, -0.25) is 4.79 Å². The van der Waals surface area contributed by atoms with Crippen LogP contribution >= 0.6 is 0 Å². The van der Waals surface area contributed by atoms with Crippen LogP contribution in [0.3, 0.4) is 0 Å². The molecule has 6 nitrogen and oxygen atoms in total. The highest BCUT2D eigenvalue weighted by Crippen LogP contribution is 2.42. The molecule has 5 rings (SSSR count). The average molecular weight is 538 g/mol. The van der Waals surface area contributed by atoms with E-state index in [9.17, 15) is 18.0 Å². The first-order chi connectivity index (χ1) is 18.7. The van der Waals surface area contributed by atoms with Gasteiger partial charge in [-0.1, -0.05) is 37.3 Å². The van der Waals surface area contributed by atoms with Gasteiger partial charge in [-0.2, -0.15) is 13.2 Å². The average Bonchev–Trinajstić information content (AvgIpc) is 2.94. The summed E-state index contributed by atoms with van der Waals surface area (Å²) in [6.07, 6.45) is 3.75. The van der Waals surface area contributed by atoms with Crippen molar-refractivity contribution in [3.8, 4) is 11.4 Å². The Bertz CT molecular complexity index is 1350. The van der Waals surface area contributed by atoms with Crippen LogP contribution in [0, 0.1) is 5.92 Å². The number of allylic oxidation sites excluding steroid dienone is 5. The maximum Gasteiger partial charge on any atom is 0.417 e. The molecule has 3 aliphatic rings. The quantitative estimate of drug-likeness (QED) is 0.466. The second-order valence-electron chi connectivity index (χ2n) is 10.4. The largest absolute Gasteiger partial charge is 0.417 e. The lowest BCUT2D eigenvalue weighted by Crippen LogP contribution is -2.48. The van der Waals surface area contributed by atoms with Gasteiger partial charge >= 0.3 is 6.18 Å². The minimum Gasteiger partial charge on any atom is -0.353 e. The van der Waals surface area contributed by atoms with Crippen LogP contribution in [0.4, 0.5) is 24.8 Å². The number of benzene rings is 1. The van der Waals surface area contributed by atoms with Gasteiger partial charge in [0.25, 0.3) is 0 Å². The Morgan fingerprint density at radius 2 is 1.87 bits per heavy atom. The molecule has 206 valence electrons. The van der Waals surface area contributed by atoms with Crippen LogP contribution in [0.5, 0.6) is 0 Å². The van der Waals surface area contributed by atoms with E-state index in [4.69, 9.17) is 0 Å². The summed E-state index contributed by atoms with van der Waals surface area (Å²) >= 11 is 0. The molecule has 1 unspecified atom stereocenters. The number of aromatic nitrogens is 2. The lowest BCUT2D eigenvalue weighted by molar-refractivity contribution is -0.137. The molecule has 0 spiro atoms. The lowest BCUT2D eigenvalue weighted by Gasteiger charge is -2.35. The molecule has 0 saturated carbocycles. The van der Waals surface area contributed by atoms with Gasteiger partial charge in [-0.25, -0.2) is 9.97 Å². The molecule has 1 saturated heterocycles. The number of carbonyl (C=O) groups is 1. The van der Waals surface area contributed by atoms with E-state index in [0.717, 1.165) is 37.4 Å². The van der Waals surface area contributed by atoms with Crippen molar-refractivity contribution < 1.29 is 18.0 Å². The Hall–Kier alpha value is -3.62. The highest BCUT2D eigenvalue weighted by molar-refractivity contribution is 5.74. The standard InChI is InChI=1S/C30H34F3N5O/c1-4-21-17-19(2)28(23-10-6-5-9-22(21)23)34-26-18-27(38-15-13-37(14-16-38)20(3)39)36-29(35-26)24-11-7-8-12-25(24)30(31,32)33/h5,7-9,11-12,18,21H,4,6,10,13-17H2,1-3H3,(H,34,35,36). The SMILES string of the molecule is CCC1CC(C)=C(Nc2cc(N3CCN(C(C)=O)CC3)nc(-c3ccccc3C(F)(F)F)n2)C2=C1C=CCC2. The highest BCUT2D eigenvalue weighted by atomic mass is 19.4. The van der Waals surface area contributed by atoms with Crippen molar-refractivity contribution in [1.29, 1.82) is 0 Å². The molecule has 0 bridgehead atoms. The molecule has 2 aromatic rings. The highest BCUT2D eigenvalue weighted by Gasteiger charge is 2.35. The summed E-state index contributed by atoms with van der Waals surface area (Å²) in [5.74, 6) is 1.51. The molecule has 9 heteroatoms. The maximum atomic E-state index is 13.9.